The van der Waals surface area contributed by atoms with Crippen LogP contribution in [-0.4, -0.2) is 5.91 Å². The van der Waals surface area contributed by atoms with E-state index in [2.05, 4.69) is 5.32 Å². The third-order valence-electron chi connectivity index (χ3n) is 3.28. The third kappa shape index (κ3) is 2.80. The summed E-state index contributed by atoms with van der Waals surface area (Å²) >= 11 is 17.9. The summed E-state index contributed by atoms with van der Waals surface area (Å²) < 4.78 is 5.61. The molecule has 0 aliphatic carbocycles. The lowest BCUT2D eigenvalue weighted by atomic mass is 10.1. The zero-order valence-electron chi connectivity index (χ0n) is 11.4. The smallest absolute Gasteiger partial charge is 0.291 e. The Bertz CT molecular complexity index is 886. The second-order valence-electron chi connectivity index (χ2n) is 4.77. The molecule has 0 radical (unpaired) electrons. The van der Waals surface area contributed by atoms with Crippen LogP contribution in [0.2, 0.25) is 15.1 Å². The predicted octanol–water partition coefficient (Wildman–Crippen LogP) is 5.95. The molecule has 2 aromatic carbocycles. The molecule has 1 heterocycles. The molecule has 0 bridgehead atoms. The molecule has 0 atom stereocenters. The number of hydrogen-bond acceptors (Lipinski definition) is 2. The summed E-state index contributed by atoms with van der Waals surface area (Å²) in [6, 6.07) is 10.1. The van der Waals surface area contributed by atoms with E-state index >= 15 is 0 Å². The van der Waals surface area contributed by atoms with Crippen LogP contribution < -0.4 is 5.32 Å². The van der Waals surface area contributed by atoms with Gasteiger partial charge in [0.05, 0.1) is 10.7 Å². The Morgan fingerprint density at radius 1 is 1.05 bits per heavy atom. The molecule has 0 aliphatic rings. The van der Waals surface area contributed by atoms with Gasteiger partial charge in [-0.1, -0.05) is 34.8 Å². The first-order valence-corrected chi connectivity index (χ1v) is 7.54. The number of carbonyl (C=O) groups is 1. The Labute approximate surface area is 141 Å². The summed E-state index contributed by atoms with van der Waals surface area (Å²) in [5, 5.41) is 4.96. The number of halogens is 3. The van der Waals surface area contributed by atoms with Gasteiger partial charge in [-0.3, -0.25) is 4.79 Å². The average Bonchev–Trinajstić information content (AvgIpc) is 2.79. The van der Waals surface area contributed by atoms with Crippen LogP contribution in [0, 0.1) is 6.92 Å². The summed E-state index contributed by atoms with van der Waals surface area (Å²) in [7, 11) is 0. The highest BCUT2D eigenvalue weighted by atomic mass is 35.5. The van der Waals surface area contributed by atoms with Crippen molar-refractivity contribution < 1.29 is 9.21 Å². The van der Waals surface area contributed by atoms with E-state index < -0.39 is 0 Å². The predicted molar refractivity (Wildman–Crippen MR) is 90.4 cm³/mol. The topological polar surface area (TPSA) is 42.2 Å². The van der Waals surface area contributed by atoms with Crippen LogP contribution in [0.1, 0.15) is 16.1 Å². The summed E-state index contributed by atoms with van der Waals surface area (Å²) in [5.41, 5.74) is 1.79. The molecule has 1 amide bonds. The van der Waals surface area contributed by atoms with Crippen molar-refractivity contribution in [1.29, 1.82) is 0 Å². The lowest BCUT2D eigenvalue weighted by Crippen LogP contribution is -2.12. The quantitative estimate of drug-likeness (QED) is 0.617. The molecule has 0 unspecified atom stereocenters. The maximum absolute atomic E-state index is 12.4. The van der Waals surface area contributed by atoms with E-state index in [-0.39, 0.29) is 11.7 Å². The van der Waals surface area contributed by atoms with Crippen LogP contribution >= 0.6 is 34.8 Å². The summed E-state index contributed by atoms with van der Waals surface area (Å²) in [4.78, 5) is 12.4. The Balaban J connectivity index is 1.97. The normalized spacial score (nSPS) is 10.9. The zero-order chi connectivity index (χ0) is 15.9. The molecule has 3 rings (SSSR count). The number of furan rings is 1. The summed E-state index contributed by atoms with van der Waals surface area (Å²) in [5.74, 6) is -0.155. The highest BCUT2D eigenvalue weighted by Crippen LogP contribution is 2.30. The fraction of sp³-hybridized carbons (Fsp3) is 0.0625. The van der Waals surface area contributed by atoms with E-state index in [1.165, 1.54) is 0 Å². The van der Waals surface area contributed by atoms with Crippen molar-refractivity contribution in [3.05, 3.63) is 62.8 Å². The summed E-state index contributed by atoms with van der Waals surface area (Å²) in [6.07, 6.45) is 0. The van der Waals surface area contributed by atoms with Crippen molar-refractivity contribution in [2.24, 2.45) is 0 Å². The molecule has 112 valence electrons. The SMILES string of the molecule is Cc1c(C(=O)Nc2ccc(Cl)cc2Cl)oc2ccc(Cl)cc12. The number of benzene rings is 2. The molecule has 3 nitrogen and oxygen atoms in total. The number of anilines is 1. The minimum atomic E-state index is -0.381. The monoisotopic (exact) mass is 353 g/mol. The van der Waals surface area contributed by atoms with Gasteiger partial charge in [-0.15, -0.1) is 0 Å². The van der Waals surface area contributed by atoms with Gasteiger partial charge in [0.2, 0.25) is 0 Å². The van der Waals surface area contributed by atoms with E-state index in [4.69, 9.17) is 39.2 Å². The first kappa shape index (κ1) is 15.2. The second-order valence-corrected chi connectivity index (χ2v) is 6.06. The summed E-state index contributed by atoms with van der Waals surface area (Å²) in [6.45, 7) is 1.81. The van der Waals surface area contributed by atoms with Gasteiger partial charge >= 0.3 is 0 Å². The van der Waals surface area contributed by atoms with Gasteiger partial charge in [-0.05, 0) is 43.3 Å². The Morgan fingerprint density at radius 3 is 2.45 bits per heavy atom. The van der Waals surface area contributed by atoms with E-state index in [0.29, 0.717) is 26.3 Å². The van der Waals surface area contributed by atoms with Gasteiger partial charge in [0.15, 0.2) is 5.76 Å². The molecule has 3 aromatic rings. The first-order chi connectivity index (χ1) is 10.5. The molecule has 0 spiro atoms. The molecular weight excluding hydrogens is 345 g/mol. The highest BCUT2D eigenvalue weighted by molar-refractivity contribution is 6.36. The van der Waals surface area contributed by atoms with Crippen LogP contribution in [0.4, 0.5) is 5.69 Å². The van der Waals surface area contributed by atoms with Crippen molar-refractivity contribution in [3.63, 3.8) is 0 Å². The minimum Gasteiger partial charge on any atom is -0.451 e. The van der Waals surface area contributed by atoms with Crippen molar-refractivity contribution in [2.45, 2.75) is 6.92 Å². The number of fused-ring (bicyclic) bond motifs is 1. The molecular formula is C16H10Cl3NO2. The fourth-order valence-corrected chi connectivity index (χ4v) is 2.81. The number of hydrogen-bond donors (Lipinski definition) is 1. The molecule has 0 fully saturated rings. The van der Waals surface area contributed by atoms with Gasteiger partial charge in [-0.25, -0.2) is 0 Å². The van der Waals surface area contributed by atoms with Crippen LogP contribution in [0.5, 0.6) is 0 Å². The number of nitrogens with one attached hydrogen (secondary N) is 1. The Kier molecular flexibility index (Phi) is 4.04. The van der Waals surface area contributed by atoms with E-state index in [0.717, 1.165) is 10.9 Å². The van der Waals surface area contributed by atoms with Crippen molar-refractivity contribution in [1.82, 2.24) is 0 Å². The zero-order valence-corrected chi connectivity index (χ0v) is 13.7. The third-order valence-corrected chi connectivity index (χ3v) is 4.07. The molecule has 1 N–H and O–H groups in total. The molecule has 1 aromatic heterocycles. The van der Waals surface area contributed by atoms with E-state index in [1.807, 2.05) is 0 Å². The van der Waals surface area contributed by atoms with Crippen molar-refractivity contribution in [3.8, 4) is 0 Å². The second kappa shape index (κ2) is 5.84. The lowest BCUT2D eigenvalue weighted by Gasteiger charge is -2.06. The van der Waals surface area contributed by atoms with Crippen LogP contribution in [0.25, 0.3) is 11.0 Å². The van der Waals surface area contributed by atoms with Crippen LogP contribution in [-0.2, 0) is 0 Å². The van der Waals surface area contributed by atoms with Gasteiger partial charge in [0.1, 0.15) is 5.58 Å². The molecule has 22 heavy (non-hydrogen) atoms. The largest absolute Gasteiger partial charge is 0.451 e. The van der Waals surface area contributed by atoms with E-state index in [1.54, 1.807) is 43.3 Å². The number of aryl methyl sites for hydroxylation is 1. The molecule has 0 saturated heterocycles. The van der Waals surface area contributed by atoms with Gasteiger partial charge in [0.25, 0.3) is 5.91 Å². The van der Waals surface area contributed by atoms with Crippen LogP contribution in [0.3, 0.4) is 0 Å². The van der Waals surface area contributed by atoms with Gasteiger partial charge in [-0.2, -0.15) is 0 Å². The van der Waals surface area contributed by atoms with Crippen LogP contribution in [0.15, 0.2) is 40.8 Å². The lowest BCUT2D eigenvalue weighted by molar-refractivity contribution is 0.0998. The van der Waals surface area contributed by atoms with Gasteiger partial charge < -0.3 is 9.73 Å². The maximum atomic E-state index is 12.4. The first-order valence-electron chi connectivity index (χ1n) is 6.41. The fourth-order valence-electron chi connectivity index (χ4n) is 2.18. The average molecular weight is 355 g/mol. The molecule has 6 heteroatoms. The molecule has 0 saturated carbocycles. The standard InChI is InChI=1S/C16H10Cl3NO2/c1-8-11-6-9(17)3-5-14(11)22-15(8)16(21)20-13-4-2-10(18)7-12(13)19/h2-7H,1H3,(H,20,21). The Morgan fingerprint density at radius 2 is 1.73 bits per heavy atom. The van der Waals surface area contributed by atoms with Gasteiger partial charge in [0, 0.05) is 21.0 Å². The molecule has 0 aliphatic heterocycles. The number of rotatable bonds is 2. The highest BCUT2D eigenvalue weighted by Gasteiger charge is 2.18. The van der Waals surface area contributed by atoms with Crippen molar-refractivity contribution in [2.75, 3.05) is 5.32 Å². The minimum absolute atomic E-state index is 0.225. The maximum Gasteiger partial charge on any atom is 0.291 e. The Hall–Kier alpha value is -1.68. The van der Waals surface area contributed by atoms with E-state index in [9.17, 15) is 4.79 Å². The number of carbonyl (C=O) groups excluding carboxylic acids is 1. The number of amides is 1. The van der Waals surface area contributed by atoms with Crippen molar-refractivity contribution >= 4 is 57.4 Å².